The predicted molar refractivity (Wildman–Crippen MR) is 118 cm³/mol. The Balaban J connectivity index is 1.55. The van der Waals surface area contributed by atoms with Crippen molar-refractivity contribution >= 4 is 40.4 Å². The van der Waals surface area contributed by atoms with E-state index in [1.807, 2.05) is 41.2 Å². The lowest BCUT2D eigenvalue weighted by Gasteiger charge is -2.12. The van der Waals surface area contributed by atoms with Crippen LogP contribution in [0.3, 0.4) is 0 Å². The number of rotatable bonds is 6. The minimum Gasteiger partial charge on any atom is -0.332 e. The smallest absolute Gasteiger partial charge is 0.176 e. The Kier molecular flexibility index (Phi) is 6.48. The van der Waals surface area contributed by atoms with Crippen molar-refractivity contribution in [2.24, 2.45) is 0 Å². The van der Waals surface area contributed by atoms with E-state index < -0.39 is 0 Å². The Bertz CT molecular complexity index is 887. The van der Waals surface area contributed by atoms with E-state index in [2.05, 4.69) is 53.8 Å². The molecular formula is C21H23ClN4S. The minimum absolute atomic E-state index is 0.517. The van der Waals surface area contributed by atoms with Gasteiger partial charge in [-0.2, -0.15) is 5.10 Å². The molecule has 27 heavy (non-hydrogen) atoms. The summed E-state index contributed by atoms with van der Waals surface area (Å²) in [5.41, 5.74) is 3.43. The predicted octanol–water partition coefficient (Wildman–Crippen LogP) is 5.91. The molecule has 0 fully saturated rings. The molecule has 4 nitrogen and oxygen atoms in total. The molecule has 2 aromatic carbocycles. The number of hydrogen-bond donors (Lipinski definition) is 2. The van der Waals surface area contributed by atoms with Gasteiger partial charge in [-0.3, -0.25) is 4.68 Å². The van der Waals surface area contributed by atoms with Gasteiger partial charge < -0.3 is 10.6 Å². The Hall–Kier alpha value is -2.37. The normalized spacial score (nSPS) is 11.8. The SMILES string of the molecule is CCC(C)c1ccc(NC(=S)Nc2ccn(Cc3ccc(Cl)cc3)n2)cc1. The number of nitrogens with one attached hydrogen (secondary N) is 2. The topological polar surface area (TPSA) is 41.9 Å². The molecule has 0 aliphatic rings. The van der Waals surface area contributed by atoms with E-state index in [0.717, 1.165) is 22.7 Å². The van der Waals surface area contributed by atoms with Crippen molar-refractivity contribution in [3.63, 3.8) is 0 Å². The number of anilines is 2. The Morgan fingerprint density at radius 2 is 1.78 bits per heavy atom. The Morgan fingerprint density at radius 1 is 1.07 bits per heavy atom. The van der Waals surface area contributed by atoms with Gasteiger partial charge in [-0.05, 0) is 59.9 Å². The number of hydrogen-bond acceptors (Lipinski definition) is 2. The van der Waals surface area contributed by atoms with Gasteiger partial charge >= 0.3 is 0 Å². The van der Waals surface area contributed by atoms with Crippen molar-refractivity contribution in [3.05, 3.63) is 76.9 Å². The van der Waals surface area contributed by atoms with E-state index in [4.69, 9.17) is 23.8 Å². The van der Waals surface area contributed by atoms with Crippen LogP contribution in [0.2, 0.25) is 5.02 Å². The fourth-order valence-corrected chi connectivity index (χ4v) is 3.05. The third kappa shape index (κ3) is 5.55. The first-order valence-corrected chi connectivity index (χ1v) is 9.78. The minimum atomic E-state index is 0.517. The van der Waals surface area contributed by atoms with Gasteiger partial charge in [0.2, 0.25) is 0 Å². The summed E-state index contributed by atoms with van der Waals surface area (Å²) in [7, 11) is 0. The number of nitrogens with zero attached hydrogens (tertiary/aromatic N) is 2. The van der Waals surface area contributed by atoms with E-state index in [0.29, 0.717) is 23.4 Å². The summed E-state index contributed by atoms with van der Waals surface area (Å²) < 4.78 is 1.86. The van der Waals surface area contributed by atoms with Crippen molar-refractivity contribution in [1.29, 1.82) is 0 Å². The number of halogens is 1. The zero-order chi connectivity index (χ0) is 19.2. The van der Waals surface area contributed by atoms with Crippen LogP contribution in [0.15, 0.2) is 60.8 Å². The summed E-state index contributed by atoms with van der Waals surface area (Å²) in [6, 6.07) is 18.0. The summed E-state index contributed by atoms with van der Waals surface area (Å²) in [6.07, 6.45) is 3.05. The van der Waals surface area contributed by atoms with Gasteiger partial charge in [0.05, 0.1) is 6.54 Å². The standard InChI is InChI=1S/C21H23ClN4S/c1-3-15(2)17-6-10-19(11-7-17)23-21(27)24-20-12-13-26(25-20)14-16-4-8-18(22)9-5-16/h4-13,15H,3,14H2,1-2H3,(H2,23,24,25,27). The van der Waals surface area contributed by atoms with Gasteiger partial charge in [-0.25, -0.2) is 0 Å². The van der Waals surface area contributed by atoms with E-state index in [-0.39, 0.29) is 0 Å². The summed E-state index contributed by atoms with van der Waals surface area (Å²) >= 11 is 11.3. The molecule has 1 heterocycles. The first-order chi connectivity index (χ1) is 13.0. The van der Waals surface area contributed by atoms with Gasteiger partial charge in [-0.15, -0.1) is 0 Å². The van der Waals surface area contributed by atoms with Crippen LogP contribution in [-0.2, 0) is 6.54 Å². The van der Waals surface area contributed by atoms with Crippen molar-refractivity contribution in [2.45, 2.75) is 32.7 Å². The molecule has 0 aliphatic heterocycles. The molecule has 0 bridgehead atoms. The van der Waals surface area contributed by atoms with E-state index in [9.17, 15) is 0 Å². The highest BCUT2D eigenvalue weighted by Gasteiger charge is 2.05. The molecule has 140 valence electrons. The lowest BCUT2D eigenvalue weighted by molar-refractivity contribution is 0.690. The highest BCUT2D eigenvalue weighted by molar-refractivity contribution is 7.80. The third-order valence-electron chi connectivity index (χ3n) is 4.49. The first kappa shape index (κ1) is 19.4. The van der Waals surface area contributed by atoms with Gasteiger partial charge in [0, 0.05) is 23.0 Å². The highest BCUT2D eigenvalue weighted by Crippen LogP contribution is 2.20. The lowest BCUT2D eigenvalue weighted by atomic mass is 9.99. The average molecular weight is 399 g/mol. The quantitative estimate of drug-likeness (QED) is 0.506. The molecule has 0 saturated heterocycles. The molecule has 3 rings (SSSR count). The second-order valence-corrected chi connectivity index (χ2v) is 7.38. The van der Waals surface area contributed by atoms with E-state index in [1.165, 1.54) is 5.56 Å². The summed E-state index contributed by atoms with van der Waals surface area (Å²) in [6.45, 7) is 5.10. The van der Waals surface area contributed by atoms with Gasteiger partial charge in [0.15, 0.2) is 10.9 Å². The molecule has 6 heteroatoms. The monoisotopic (exact) mass is 398 g/mol. The van der Waals surface area contributed by atoms with Crippen molar-refractivity contribution in [3.8, 4) is 0 Å². The fourth-order valence-electron chi connectivity index (χ4n) is 2.70. The maximum Gasteiger partial charge on any atom is 0.176 e. The molecule has 0 saturated carbocycles. The van der Waals surface area contributed by atoms with Crippen LogP contribution in [-0.4, -0.2) is 14.9 Å². The summed E-state index contributed by atoms with van der Waals surface area (Å²) in [5.74, 6) is 1.27. The van der Waals surface area contributed by atoms with Crippen molar-refractivity contribution in [2.75, 3.05) is 10.6 Å². The highest BCUT2D eigenvalue weighted by atomic mass is 35.5. The molecule has 1 atom stereocenters. The first-order valence-electron chi connectivity index (χ1n) is 8.99. The molecule has 0 aliphatic carbocycles. The molecule has 1 unspecified atom stereocenters. The molecule has 1 aromatic heterocycles. The largest absolute Gasteiger partial charge is 0.332 e. The van der Waals surface area contributed by atoms with Crippen LogP contribution in [0.4, 0.5) is 11.5 Å². The molecule has 0 amide bonds. The second-order valence-electron chi connectivity index (χ2n) is 6.54. The van der Waals surface area contributed by atoms with Gasteiger partial charge in [0.25, 0.3) is 0 Å². The molecule has 3 aromatic rings. The number of aromatic nitrogens is 2. The van der Waals surface area contributed by atoms with Crippen molar-refractivity contribution in [1.82, 2.24) is 9.78 Å². The lowest BCUT2D eigenvalue weighted by Crippen LogP contribution is -2.19. The number of benzene rings is 2. The Morgan fingerprint density at radius 3 is 2.44 bits per heavy atom. The zero-order valence-corrected chi connectivity index (χ0v) is 17.0. The number of thiocarbonyl (C=S) groups is 1. The van der Waals surface area contributed by atoms with Crippen LogP contribution in [0.1, 0.15) is 37.3 Å². The van der Waals surface area contributed by atoms with Crippen LogP contribution >= 0.6 is 23.8 Å². The summed E-state index contributed by atoms with van der Waals surface area (Å²) in [5, 5.41) is 12.1. The van der Waals surface area contributed by atoms with E-state index in [1.54, 1.807) is 0 Å². The molecule has 0 spiro atoms. The summed E-state index contributed by atoms with van der Waals surface area (Å²) in [4.78, 5) is 0. The van der Waals surface area contributed by atoms with E-state index >= 15 is 0 Å². The maximum absolute atomic E-state index is 5.92. The third-order valence-corrected chi connectivity index (χ3v) is 4.95. The molecular weight excluding hydrogens is 376 g/mol. The van der Waals surface area contributed by atoms with Crippen LogP contribution < -0.4 is 10.6 Å². The van der Waals surface area contributed by atoms with Crippen LogP contribution in [0.5, 0.6) is 0 Å². The second kappa shape index (κ2) is 9.02. The Labute approximate surface area is 170 Å². The van der Waals surface area contributed by atoms with Gasteiger partial charge in [-0.1, -0.05) is 49.7 Å². The van der Waals surface area contributed by atoms with Gasteiger partial charge in [0.1, 0.15) is 0 Å². The maximum atomic E-state index is 5.92. The van der Waals surface area contributed by atoms with Crippen molar-refractivity contribution < 1.29 is 0 Å². The molecule has 2 N–H and O–H groups in total. The fraction of sp³-hybridized carbons (Fsp3) is 0.238. The average Bonchev–Trinajstić information content (AvgIpc) is 3.10. The molecule has 0 radical (unpaired) electrons. The van der Waals surface area contributed by atoms with Crippen LogP contribution in [0, 0.1) is 0 Å². The zero-order valence-electron chi connectivity index (χ0n) is 15.4. The van der Waals surface area contributed by atoms with Crippen LogP contribution in [0.25, 0.3) is 0 Å².